The summed E-state index contributed by atoms with van der Waals surface area (Å²) in [5.41, 5.74) is 9.84. The van der Waals surface area contributed by atoms with Crippen LogP contribution in [0.5, 0.6) is 0 Å². The lowest BCUT2D eigenvalue weighted by molar-refractivity contribution is 0.365. The van der Waals surface area contributed by atoms with Gasteiger partial charge in [-0.2, -0.15) is 0 Å². The minimum Gasteiger partial charge on any atom is -0.340 e. The zero-order chi connectivity index (χ0) is 19.1. The molecule has 1 aromatic heterocycles. The van der Waals surface area contributed by atoms with E-state index in [-0.39, 0.29) is 0 Å². The van der Waals surface area contributed by atoms with Crippen LogP contribution in [0.25, 0.3) is 11.3 Å². The van der Waals surface area contributed by atoms with Crippen LogP contribution in [0.3, 0.4) is 0 Å². The fourth-order valence-electron chi connectivity index (χ4n) is 3.47. The average molecular weight is 426 g/mol. The Labute approximate surface area is 170 Å². The molecule has 0 aliphatic carbocycles. The maximum absolute atomic E-state index is 6.95. The molecular weight excluding hydrogens is 398 g/mol. The number of hydrogen-bond acceptors (Lipinski definition) is 2. The van der Waals surface area contributed by atoms with Gasteiger partial charge in [-0.1, -0.05) is 91.0 Å². The quantitative estimate of drug-likeness (QED) is 0.400. The van der Waals surface area contributed by atoms with Crippen LogP contribution in [-0.4, -0.2) is 9.97 Å². The molecule has 0 spiro atoms. The Morgan fingerprint density at radius 1 is 1.00 bits per heavy atom. The number of aromatic nitrogens is 2. The third kappa shape index (κ3) is 5.30. The fraction of sp³-hybridized carbons (Fsp3) is 0.348. The molecule has 1 atom stereocenters. The number of hydrogen-bond donors (Lipinski definition) is 2. The van der Waals surface area contributed by atoms with E-state index in [9.17, 15) is 0 Å². The van der Waals surface area contributed by atoms with Gasteiger partial charge < -0.3 is 10.7 Å². The summed E-state index contributed by atoms with van der Waals surface area (Å²) in [6.45, 7) is 2.23. The van der Waals surface area contributed by atoms with E-state index in [1.165, 1.54) is 24.8 Å². The van der Waals surface area contributed by atoms with Crippen LogP contribution in [0, 0.1) is 0 Å². The first-order valence-electron chi connectivity index (χ1n) is 9.75. The Balaban J connectivity index is 1.84. The molecule has 0 saturated carbocycles. The highest BCUT2D eigenvalue weighted by molar-refractivity contribution is 9.10. The van der Waals surface area contributed by atoms with Crippen molar-refractivity contribution < 1.29 is 0 Å². The van der Waals surface area contributed by atoms with E-state index in [2.05, 4.69) is 69.2 Å². The Bertz CT molecular complexity index is 826. The number of halogens is 1. The molecule has 2 aromatic carbocycles. The number of unbranched alkanes of at least 4 members (excludes halogenated alkanes) is 3. The van der Waals surface area contributed by atoms with Crippen LogP contribution in [0.2, 0.25) is 0 Å². The normalized spacial score (nSPS) is 13.4. The third-order valence-electron chi connectivity index (χ3n) is 5.04. The van der Waals surface area contributed by atoms with E-state index in [1.54, 1.807) is 0 Å². The summed E-state index contributed by atoms with van der Waals surface area (Å²) in [5.74, 6) is 0.876. The van der Waals surface area contributed by atoms with Crippen LogP contribution >= 0.6 is 15.9 Å². The van der Waals surface area contributed by atoms with Gasteiger partial charge in [0.2, 0.25) is 0 Å². The third-order valence-corrected chi connectivity index (χ3v) is 5.57. The number of aromatic amines is 1. The molecule has 27 heavy (non-hydrogen) atoms. The molecule has 4 heteroatoms. The topological polar surface area (TPSA) is 54.7 Å². The first-order valence-corrected chi connectivity index (χ1v) is 10.5. The van der Waals surface area contributed by atoms with Gasteiger partial charge in [-0.05, 0) is 36.1 Å². The summed E-state index contributed by atoms with van der Waals surface area (Å²) in [5, 5.41) is 0. The molecule has 0 aliphatic heterocycles. The molecule has 3 rings (SSSR count). The summed E-state index contributed by atoms with van der Waals surface area (Å²) in [6.07, 6.45) is 8.42. The average Bonchev–Trinajstić information content (AvgIpc) is 3.18. The molecule has 142 valence electrons. The molecule has 1 unspecified atom stereocenters. The van der Waals surface area contributed by atoms with Gasteiger partial charge in [0.05, 0.1) is 17.4 Å². The minimum atomic E-state index is -0.483. The van der Waals surface area contributed by atoms with Crippen LogP contribution in [-0.2, 0) is 12.0 Å². The number of rotatable bonds is 9. The van der Waals surface area contributed by atoms with Gasteiger partial charge in [-0.15, -0.1) is 0 Å². The molecule has 3 N–H and O–H groups in total. The van der Waals surface area contributed by atoms with Crippen molar-refractivity contribution in [3.8, 4) is 11.3 Å². The zero-order valence-corrected chi connectivity index (χ0v) is 17.5. The molecule has 3 nitrogen and oxygen atoms in total. The first-order chi connectivity index (χ1) is 13.1. The molecule has 0 amide bonds. The van der Waals surface area contributed by atoms with Crippen molar-refractivity contribution in [2.45, 2.75) is 51.0 Å². The maximum atomic E-state index is 6.95. The predicted octanol–water partition coefficient (Wildman–Crippen LogP) is 6.21. The van der Waals surface area contributed by atoms with Crippen LogP contribution in [0.4, 0.5) is 0 Å². The summed E-state index contributed by atoms with van der Waals surface area (Å²) in [6, 6.07) is 18.7. The van der Waals surface area contributed by atoms with Gasteiger partial charge >= 0.3 is 0 Å². The van der Waals surface area contributed by atoms with Gasteiger partial charge in [0.1, 0.15) is 5.82 Å². The monoisotopic (exact) mass is 425 g/mol. The summed E-state index contributed by atoms with van der Waals surface area (Å²) >= 11 is 3.49. The van der Waals surface area contributed by atoms with Crippen molar-refractivity contribution in [1.82, 2.24) is 9.97 Å². The second-order valence-electron chi connectivity index (χ2n) is 7.28. The van der Waals surface area contributed by atoms with Crippen molar-refractivity contribution in [2.24, 2.45) is 5.73 Å². The lowest BCUT2D eigenvalue weighted by atomic mass is 9.85. The maximum Gasteiger partial charge on any atom is 0.127 e. The van der Waals surface area contributed by atoms with E-state index >= 15 is 0 Å². The Kier molecular flexibility index (Phi) is 6.86. The lowest BCUT2D eigenvalue weighted by Crippen LogP contribution is -2.40. The highest BCUT2D eigenvalue weighted by Gasteiger charge is 2.30. The molecule has 3 aromatic rings. The first kappa shape index (κ1) is 19.8. The highest BCUT2D eigenvalue weighted by atomic mass is 79.9. The van der Waals surface area contributed by atoms with Crippen molar-refractivity contribution in [3.63, 3.8) is 0 Å². The summed E-state index contributed by atoms with van der Waals surface area (Å²) < 4.78 is 1.07. The number of benzene rings is 2. The molecule has 0 fully saturated rings. The molecule has 1 heterocycles. The zero-order valence-electron chi connectivity index (χ0n) is 15.9. The molecule has 0 bridgehead atoms. The largest absolute Gasteiger partial charge is 0.340 e. The van der Waals surface area contributed by atoms with E-state index in [0.717, 1.165) is 40.8 Å². The van der Waals surface area contributed by atoms with E-state index in [0.29, 0.717) is 0 Å². The Hall–Kier alpha value is -1.91. The van der Waals surface area contributed by atoms with Crippen LogP contribution in [0.15, 0.2) is 65.3 Å². The van der Waals surface area contributed by atoms with Crippen molar-refractivity contribution in [2.75, 3.05) is 0 Å². The smallest absolute Gasteiger partial charge is 0.127 e. The number of nitrogens with two attached hydrogens (primary N) is 1. The molecule has 0 radical (unpaired) electrons. The van der Waals surface area contributed by atoms with Gasteiger partial charge in [-0.3, -0.25) is 0 Å². The van der Waals surface area contributed by atoms with Gasteiger partial charge in [0, 0.05) is 4.47 Å². The minimum absolute atomic E-state index is 0.483. The van der Waals surface area contributed by atoms with Crippen molar-refractivity contribution in [3.05, 3.63) is 76.7 Å². The Morgan fingerprint density at radius 2 is 1.74 bits per heavy atom. The number of imidazole rings is 1. The summed E-state index contributed by atoms with van der Waals surface area (Å²) in [4.78, 5) is 8.19. The second-order valence-corrected chi connectivity index (χ2v) is 8.20. The van der Waals surface area contributed by atoms with E-state index in [1.807, 2.05) is 24.4 Å². The number of nitrogens with zero attached hydrogens (tertiary/aromatic N) is 1. The van der Waals surface area contributed by atoms with Gasteiger partial charge in [0.25, 0.3) is 0 Å². The highest BCUT2D eigenvalue weighted by Crippen LogP contribution is 2.29. The van der Waals surface area contributed by atoms with E-state index in [4.69, 9.17) is 5.73 Å². The van der Waals surface area contributed by atoms with Crippen LogP contribution < -0.4 is 5.73 Å². The molecule has 0 saturated heterocycles. The molecule has 0 aliphatic rings. The fourth-order valence-corrected chi connectivity index (χ4v) is 3.73. The van der Waals surface area contributed by atoms with E-state index < -0.39 is 5.54 Å². The predicted molar refractivity (Wildman–Crippen MR) is 116 cm³/mol. The lowest BCUT2D eigenvalue weighted by Gasteiger charge is -2.28. The SMILES string of the molecule is CCCCCCC(N)(Cc1ccccc1)c1ncc(-c2ccc(Br)cc2)[nH]1. The standard InChI is InChI=1S/C23H28BrN3/c1-2-3-4-8-15-23(25,16-18-9-6-5-7-10-18)22-26-17-21(27-22)19-11-13-20(24)14-12-19/h5-7,9-14,17H,2-4,8,15-16,25H2,1H3,(H,26,27). The van der Waals surface area contributed by atoms with Gasteiger partial charge in [0.15, 0.2) is 0 Å². The van der Waals surface area contributed by atoms with Crippen molar-refractivity contribution in [1.29, 1.82) is 0 Å². The molecular formula is C23H28BrN3. The summed E-state index contributed by atoms with van der Waals surface area (Å²) in [7, 11) is 0. The van der Waals surface area contributed by atoms with Crippen molar-refractivity contribution >= 4 is 15.9 Å². The number of H-pyrrole nitrogens is 1. The van der Waals surface area contributed by atoms with Gasteiger partial charge in [-0.25, -0.2) is 4.98 Å². The Morgan fingerprint density at radius 3 is 2.44 bits per heavy atom. The second kappa shape index (κ2) is 9.34. The van der Waals surface area contributed by atoms with Crippen LogP contribution in [0.1, 0.15) is 50.4 Å². The number of nitrogens with one attached hydrogen (secondary N) is 1.